The zero-order valence-corrected chi connectivity index (χ0v) is 15.5. The number of piperidine rings is 1. The lowest BCUT2D eigenvalue weighted by molar-refractivity contribution is -0.936. The first-order chi connectivity index (χ1) is 12.3. The van der Waals surface area contributed by atoms with Gasteiger partial charge < -0.3 is 20.0 Å². The van der Waals surface area contributed by atoms with Crippen LogP contribution in [-0.4, -0.2) is 31.3 Å². The van der Waals surface area contributed by atoms with Gasteiger partial charge in [-0.25, -0.2) is 0 Å². The highest BCUT2D eigenvalue weighted by Crippen LogP contribution is 2.11. The summed E-state index contributed by atoms with van der Waals surface area (Å²) in [6.07, 6.45) is 6.68. The second-order valence-corrected chi connectivity index (χ2v) is 7.07. The molecular formula is C20H28N3OS+. The van der Waals surface area contributed by atoms with E-state index in [1.165, 1.54) is 37.9 Å². The average Bonchev–Trinajstić information content (AvgIpc) is 3.18. The van der Waals surface area contributed by atoms with Gasteiger partial charge in [-0.05, 0) is 55.6 Å². The van der Waals surface area contributed by atoms with Crippen LogP contribution in [0.3, 0.4) is 0 Å². The van der Waals surface area contributed by atoms with E-state index in [0.717, 1.165) is 30.4 Å². The van der Waals surface area contributed by atoms with Crippen LogP contribution in [0.2, 0.25) is 0 Å². The number of thiocarbonyl (C=S) groups is 1. The van der Waals surface area contributed by atoms with E-state index in [4.69, 9.17) is 16.6 Å². The largest absolute Gasteiger partial charge is 0.463 e. The number of likely N-dealkylation sites (tertiary alicyclic amines) is 1. The summed E-state index contributed by atoms with van der Waals surface area (Å²) in [5, 5.41) is 7.44. The van der Waals surface area contributed by atoms with E-state index in [0.29, 0.717) is 6.04 Å². The van der Waals surface area contributed by atoms with Gasteiger partial charge in [0.15, 0.2) is 16.9 Å². The molecule has 2 heterocycles. The normalized spacial score (nSPS) is 16.3. The van der Waals surface area contributed by atoms with Crippen molar-refractivity contribution in [2.45, 2.75) is 31.7 Å². The number of nitrogens with one attached hydrogen (secondary N) is 3. The highest BCUT2D eigenvalue weighted by Gasteiger charge is 2.28. The van der Waals surface area contributed by atoms with Crippen LogP contribution in [0.15, 0.2) is 53.1 Å². The molecule has 0 aliphatic carbocycles. The Morgan fingerprint density at radius 3 is 2.56 bits per heavy atom. The van der Waals surface area contributed by atoms with Crippen molar-refractivity contribution in [3.8, 4) is 0 Å². The molecule has 3 N–H and O–H groups in total. The quantitative estimate of drug-likeness (QED) is 0.663. The molecule has 2 aromatic rings. The highest BCUT2D eigenvalue weighted by molar-refractivity contribution is 7.80. The van der Waals surface area contributed by atoms with Crippen LogP contribution >= 0.6 is 12.2 Å². The summed E-state index contributed by atoms with van der Waals surface area (Å²) in [6.45, 7) is 4.07. The molecule has 0 saturated carbocycles. The van der Waals surface area contributed by atoms with Gasteiger partial charge in [0.2, 0.25) is 0 Å². The van der Waals surface area contributed by atoms with Gasteiger partial charge in [0, 0.05) is 6.54 Å². The SMILES string of the molecule is S=C(NCCc1ccccc1)NC[C@@H](c1ccco1)[NH+]1CCCCC1. The Hall–Kier alpha value is -1.85. The van der Waals surface area contributed by atoms with Crippen LogP contribution < -0.4 is 15.5 Å². The van der Waals surface area contributed by atoms with Crippen LogP contribution in [0.4, 0.5) is 0 Å². The number of quaternary nitrogens is 1. The summed E-state index contributed by atoms with van der Waals surface area (Å²) in [5.41, 5.74) is 1.32. The second-order valence-electron chi connectivity index (χ2n) is 6.66. The summed E-state index contributed by atoms with van der Waals surface area (Å²) in [6, 6.07) is 14.9. The van der Waals surface area contributed by atoms with Crippen molar-refractivity contribution in [2.75, 3.05) is 26.2 Å². The van der Waals surface area contributed by atoms with Crippen LogP contribution in [0, 0.1) is 0 Å². The standard InChI is InChI=1S/C20H27N3OS/c25-20(21-12-11-17-8-3-1-4-9-17)22-16-18(19-10-7-15-24-19)23-13-5-2-6-14-23/h1,3-4,7-10,15,18H,2,5-6,11-14,16H2,(H2,21,22,25)/p+1/t18-/m0/s1. The predicted molar refractivity (Wildman–Crippen MR) is 105 cm³/mol. The van der Waals surface area contributed by atoms with Crippen LogP contribution in [-0.2, 0) is 6.42 Å². The number of rotatable bonds is 7. The third-order valence-corrected chi connectivity index (χ3v) is 5.17. The van der Waals surface area contributed by atoms with E-state index in [2.05, 4.69) is 41.0 Å². The maximum atomic E-state index is 5.70. The molecule has 0 bridgehead atoms. The Morgan fingerprint density at radius 1 is 1.04 bits per heavy atom. The van der Waals surface area contributed by atoms with Gasteiger partial charge in [-0.15, -0.1) is 0 Å². The molecule has 0 spiro atoms. The molecule has 0 amide bonds. The Morgan fingerprint density at radius 2 is 1.84 bits per heavy atom. The summed E-state index contributed by atoms with van der Waals surface area (Å²) < 4.78 is 5.70. The molecule has 3 rings (SSSR count). The van der Waals surface area contributed by atoms with Crippen molar-refractivity contribution < 1.29 is 9.32 Å². The first-order valence-electron chi connectivity index (χ1n) is 9.26. The lowest BCUT2D eigenvalue weighted by Gasteiger charge is -2.30. The molecule has 0 radical (unpaired) electrons. The molecule has 1 aliphatic rings. The van der Waals surface area contributed by atoms with Crippen molar-refractivity contribution >= 4 is 17.3 Å². The van der Waals surface area contributed by atoms with Crippen molar-refractivity contribution in [3.63, 3.8) is 0 Å². The van der Waals surface area contributed by atoms with Gasteiger partial charge in [0.05, 0.1) is 25.9 Å². The monoisotopic (exact) mass is 358 g/mol. The second kappa shape index (κ2) is 9.59. The van der Waals surface area contributed by atoms with E-state index in [9.17, 15) is 0 Å². The topological polar surface area (TPSA) is 41.6 Å². The highest BCUT2D eigenvalue weighted by atomic mass is 32.1. The Labute approximate surface area is 155 Å². The summed E-state index contributed by atoms with van der Waals surface area (Å²) in [5.74, 6) is 1.05. The first-order valence-corrected chi connectivity index (χ1v) is 9.67. The number of benzene rings is 1. The molecule has 1 saturated heterocycles. The molecule has 0 unspecified atom stereocenters. The van der Waals surface area contributed by atoms with Crippen molar-refractivity contribution in [1.29, 1.82) is 0 Å². The van der Waals surface area contributed by atoms with Crippen molar-refractivity contribution in [2.24, 2.45) is 0 Å². The molecule has 1 aliphatic heterocycles. The summed E-state index contributed by atoms with van der Waals surface area (Å²) in [4.78, 5) is 1.60. The predicted octanol–water partition coefficient (Wildman–Crippen LogP) is 2.10. The van der Waals surface area contributed by atoms with Crippen LogP contribution in [0.1, 0.15) is 36.6 Å². The minimum atomic E-state index is 0.323. The third kappa shape index (κ3) is 5.58. The first kappa shape index (κ1) is 18.0. The number of furan rings is 1. The number of hydrogen-bond donors (Lipinski definition) is 3. The lowest BCUT2D eigenvalue weighted by atomic mass is 10.1. The van der Waals surface area contributed by atoms with Gasteiger partial charge in [-0.2, -0.15) is 0 Å². The third-order valence-electron chi connectivity index (χ3n) is 4.88. The molecule has 25 heavy (non-hydrogen) atoms. The minimum absolute atomic E-state index is 0.323. The summed E-state index contributed by atoms with van der Waals surface area (Å²) in [7, 11) is 0. The smallest absolute Gasteiger partial charge is 0.166 e. The minimum Gasteiger partial charge on any atom is -0.463 e. The maximum absolute atomic E-state index is 5.70. The maximum Gasteiger partial charge on any atom is 0.166 e. The molecule has 1 fully saturated rings. The fourth-order valence-electron chi connectivity index (χ4n) is 3.51. The van der Waals surface area contributed by atoms with Gasteiger partial charge >= 0.3 is 0 Å². The van der Waals surface area contributed by atoms with E-state index in [1.807, 2.05) is 12.1 Å². The van der Waals surface area contributed by atoms with Crippen molar-refractivity contribution in [3.05, 3.63) is 60.1 Å². The molecule has 1 aromatic heterocycles. The molecular weight excluding hydrogens is 330 g/mol. The zero-order valence-electron chi connectivity index (χ0n) is 14.7. The molecule has 4 nitrogen and oxygen atoms in total. The molecule has 134 valence electrons. The zero-order chi connectivity index (χ0) is 17.3. The Bertz CT molecular complexity index is 624. The summed E-state index contributed by atoms with van der Waals surface area (Å²) >= 11 is 5.46. The fourth-order valence-corrected chi connectivity index (χ4v) is 3.70. The molecule has 1 aromatic carbocycles. The van der Waals surface area contributed by atoms with Crippen LogP contribution in [0.5, 0.6) is 0 Å². The Kier molecular flexibility index (Phi) is 6.89. The van der Waals surface area contributed by atoms with Gasteiger partial charge in [0.25, 0.3) is 0 Å². The van der Waals surface area contributed by atoms with E-state index >= 15 is 0 Å². The van der Waals surface area contributed by atoms with Gasteiger partial charge in [-0.3, -0.25) is 0 Å². The lowest BCUT2D eigenvalue weighted by Crippen LogP contribution is -3.13. The van der Waals surface area contributed by atoms with Gasteiger partial charge in [-0.1, -0.05) is 30.3 Å². The Balaban J connectivity index is 1.46. The fraction of sp³-hybridized carbons (Fsp3) is 0.450. The number of hydrogen-bond acceptors (Lipinski definition) is 2. The van der Waals surface area contributed by atoms with E-state index in [-0.39, 0.29) is 0 Å². The van der Waals surface area contributed by atoms with E-state index < -0.39 is 0 Å². The average molecular weight is 359 g/mol. The molecule has 1 atom stereocenters. The van der Waals surface area contributed by atoms with Gasteiger partial charge in [0.1, 0.15) is 0 Å². The molecule has 5 heteroatoms. The van der Waals surface area contributed by atoms with E-state index in [1.54, 1.807) is 11.2 Å². The van der Waals surface area contributed by atoms with Crippen molar-refractivity contribution in [1.82, 2.24) is 10.6 Å². The van der Waals surface area contributed by atoms with Crippen LogP contribution in [0.25, 0.3) is 0 Å².